The number of rotatable bonds is 59. The molecule has 0 aliphatic carbocycles. The van der Waals surface area contributed by atoms with Gasteiger partial charge < -0.3 is 20.3 Å². The van der Waals surface area contributed by atoms with Crippen LogP contribution in [0.15, 0.2) is 24.3 Å². The van der Waals surface area contributed by atoms with E-state index in [0.29, 0.717) is 25.9 Å². The molecule has 0 saturated heterocycles. The number of aliphatic hydroxyl groups excluding tert-OH is 2. The van der Waals surface area contributed by atoms with E-state index in [1.165, 1.54) is 257 Å². The first-order chi connectivity index (χ1) is 34.5. The molecule has 0 fully saturated rings. The first-order valence-electron chi connectivity index (χ1n) is 31.6. The Morgan fingerprint density at radius 2 is 0.671 bits per heavy atom. The molecule has 3 N–H and O–H groups in total. The zero-order chi connectivity index (χ0) is 50.7. The zero-order valence-electron chi connectivity index (χ0n) is 47.3. The molecule has 414 valence electrons. The summed E-state index contributed by atoms with van der Waals surface area (Å²) in [4.78, 5) is 24.6. The van der Waals surface area contributed by atoms with E-state index in [0.717, 1.165) is 57.8 Å². The van der Waals surface area contributed by atoms with Crippen LogP contribution in [0.25, 0.3) is 0 Å². The fourth-order valence-electron chi connectivity index (χ4n) is 9.87. The summed E-state index contributed by atoms with van der Waals surface area (Å²) in [5.74, 6) is -0.0525. The highest BCUT2D eigenvalue weighted by Crippen LogP contribution is 2.18. The van der Waals surface area contributed by atoms with Gasteiger partial charge in [0, 0.05) is 12.8 Å². The first-order valence-corrected chi connectivity index (χ1v) is 31.6. The quantitative estimate of drug-likeness (QED) is 0.0321. The highest BCUT2D eigenvalue weighted by atomic mass is 16.5. The second-order valence-corrected chi connectivity index (χ2v) is 21.7. The van der Waals surface area contributed by atoms with Crippen LogP contribution in [0.1, 0.15) is 348 Å². The Bertz CT molecular complexity index is 1090. The second kappa shape index (κ2) is 59.9. The molecule has 6 nitrogen and oxygen atoms in total. The van der Waals surface area contributed by atoms with Gasteiger partial charge >= 0.3 is 5.97 Å². The van der Waals surface area contributed by atoms with Crippen molar-refractivity contribution in [3.05, 3.63) is 24.3 Å². The van der Waals surface area contributed by atoms with Crippen molar-refractivity contribution in [2.45, 2.75) is 360 Å². The van der Waals surface area contributed by atoms with Crippen molar-refractivity contribution < 1.29 is 24.5 Å². The highest BCUT2D eigenvalue weighted by molar-refractivity contribution is 5.76. The predicted molar refractivity (Wildman–Crippen MR) is 306 cm³/mol. The largest absolute Gasteiger partial charge is 0.466 e. The van der Waals surface area contributed by atoms with E-state index in [1.54, 1.807) is 0 Å². The van der Waals surface area contributed by atoms with Crippen molar-refractivity contribution in [2.75, 3.05) is 13.2 Å². The molecule has 0 bridgehead atoms. The third kappa shape index (κ3) is 55.7. The van der Waals surface area contributed by atoms with E-state index >= 15 is 0 Å². The van der Waals surface area contributed by atoms with Crippen LogP contribution in [-0.4, -0.2) is 47.4 Å². The fourth-order valence-corrected chi connectivity index (χ4v) is 9.87. The molecule has 0 radical (unpaired) electrons. The third-order valence-corrected chi connectivity index (χ3v) is 14.7. The van der Waals surface area contributed by atoms with Crippen LogP contribution >= 0.6 is 0 Å². The van der Waals surface area contributed by atoms with Crippen molar-refractivity contribution in [3.63, 3.8) is 0 Å². The standard InChI is InChI=1S/C64H123NO5/c1-3-5-7-9-11-13-15-17-19-21-22-23-25-28-32-36-40-44-48-52-56-62(67)61(60-66)65-63(68)57-53-49-45-41-37-33-29-26-24-27-31-35-39-43-47-51-55-59-70-64(69)58-54-50-46-42-38-34-30-20-18-16-14-12-10-8-6-4-2/h20,24,27,30,61-62,66-67H,3-19,21-23,25-26,28-29,31-60H2,1-2H3,(H,65,68)/b27-24-,30-20-. The molecule has 0 heterocycles. The van der Waals surface area contributed by atoms with Gasteiger partial charge in [-0.3, -0.25) is 9.59 Å². The molecule has 0 aromatic rings. The van der Waals surface area contributed by atoms with Crippen molar-refractivity contribution in [1.29, 1.82) is 0 Å². The number of carbonyl (C=O) groups is 2. The van der Waals surface area contributed by atoms with E-state index in [2.05, 4.69) is 43.5 Å². The average molecular weight is 987 g/mol. The summed E-state index contributed by atoms with van der Waals surface area (Å²) in [7, 11) is 0. The molecule has 1 amide bonds. The first kappa shape index (κ1) is 68.3. The van der Waals surface area contributed by atoms with Gasteiger partial charge in [0.2, 0.25) is 5.91 Å². The summed E-state index contributed by atoms with van der Waals surface area (Å²) >= 11 is 0. The minimum Gasteiger partial charge on any atom is -0.466 e. The Balaban J connectivity index is 3.45. The number of unbranched alkanes of at least 4 members (excludes halogenated alkanes) is 44. The number of aliphatic hydroxyl groups is 2. The molecular formula is C64H123NO5. The van der Waals surface area contributed by atoms with Crippen molar-refractivity contribution in [1.82, 2.24) is 5.32 Å². The van der Waals surface area contributed by atoms with Gasteiger partial charge in [-0.05, 0) is 77.0 Å². The Morgan fingerprint density at radius 1 is 0.386 bits per heavy atom. The Kier molecular flexibility index (Phi) is 58.5. The lowest BCUT2D eigenvalue weighted by Crippen LogP contribution is -2.45. The molecule has 0 rings (SSSR count). The Labute approximate surface area is 437 Å². The monoisotopic (exact) mass is 986 g/mol. The Morgan fingerprint density at radius 3 is 1.01 bits per heavy atom. The smallest absolute Gasteiger partial charge is 0.305 e. The lowest BCUT2D eigenvalue weighted by atomic mass is 10.0. The number of hydrogen-bond donors (Lipinski definition) is 3. The number of nitrogens with one attached hydrogen (secondary N) is 1. The molecule has 2 unspecified atom stereocenters. The fraction of sp³-hybridized carbons (Fsp3) is 0.906. The lowest BCUT2D eigenvalue weighted by molar-refractivity contribution is -0.143. The summed E-state index contributed by atoms with van der Waals surface area (Å²) in [5.41, 5.74) is 0. The van der Waals surface area contributed by atoms with E-state index in [9.17, 15) is 19.8 Å². The maximum Gasteiger partial charge on any atom is 0.305 e. The summed E-state index contributed by atoms with van der Waals surface area (Å²) < 4.78 is 5.48. The van der Waals surface area contributed by atoms with Crippen molar-refractivity contribution >= 4 is 11.9 Å². The van der Waals surface area contributed by atoms with E-state index in [4.69, 9.17) is 4.74 Å². The van der Waals surface area contributed by atoms with Gasteiger partial charge in [-0.1, -0.05) is 282 Å². The van der Waals surface area contributed by atoms with E-state index in [1.807, 2.05) is 0 Å². The van der Waals surface area contributed by atoms with Crippen molar-refractivity contribution in [3.8, 4) is 0 Å². The van der Waals surface area contributed by atoms with Gasteiger partial charge in [-0.25, -0.2) is 0 Å². The molecule has 2 atom stereocenters. The molecule has 0 spiro atoms. The number of esters is 1. The third-order valence-electron chi connectivity index (χ3n) is 14.7. The van der Waals surface area contributed by atoms with Gasteiger partial charge in [-0.15, -0.1) is 0 Å². The van der Waals surface area contributed by atoms with Crippen LogP contribution in [0.5, 0.6) is 0 Å². The molecule has 6 heteroatoms. The van der Waals surface area contributed by atoms with Crippen LogP contribution in [0.2, 0.25) is 0 Å². The zero-order valence-corrected chi connectivity index (χ0v) is 47.3. The predicted octanol–water partition coefficient (Wildman–Crippen LogP) is 19.8. The summed E-state index contributed by atoms with van der Waals surface area (Å²) in [6, 6.07) is -0.551. The molecular weight excluding hydrogens is 863 g/mol. The topological polar surface area (TPSA) is 95.9 Å². The van der Waals surface area contributed by atoms with Crippen LogP contribution in [0.3, 0.4) is 0 Å². The molecule has 0 aliphatic heterocycles. The number of hydrogen-bond acceptors (Lipinski definition) is 5. The van der Waals surface area contributed by atoms with Gasteiger partial charge in [0.15, 0.2) is 0 Å². The summed E-state index contributed by atoms with van der Waals surface area (Å²) in [6.45, 7) is 4.95. The SMILES string of the molecule is CCCCCCCCC/C=C\CCCCCCCC(=O)OCCCCCCCC/C=C\CCCCCCCCCC(=O)NC(CO)C(O)CCCCCCCCCCCCCCCCCCCCCC. The van der Waals surface area contributed by atoms with Crippen LogP contribution in [0.4, 0.5) is 0 Å². The summed E-state index contributed by atoms with van der Waals surface area (Å²) in [6.07, 6.45) is 73.2. The minimum absolute atomic E-state index is 0.00845. The number of ether oxygens (including phenoxy) is 1. The average Bonchev–Trinajstić information content (AvgIpc) is 3.36. The van der Waals surface area contributed by atoms with Gasteiger partial charge in [0.05, 0.1) is 25.4 Å². The van der Waals surface area contributed by atoms with Gasteiger partial charge in [0.25, 0.3) is 0 Å². The highest BCUT2D eigenvalue weighted by Gasteiger charge is 2.20. The van der Waals surface area contributed by atoms with Gasteiger partial charge in [-0.2, -0.15) is 0 Å². The van der Waals surface area contributed by atoms with Gasteiger partial charge in [0.1, 0.15) is 0 Å². The van der Waals surface area contributed by atoms with Crippen LogP contribution in [0, 0.1) is 0 Å². The van der Waals surface area contributed by atoms with E-state index < -0.39 is 12.1 Å². The van der Waals surface area contributed by atoms with Crippen molar-refractivity contribution in [2.24, 2.45) is 0 Å². The second-order valence-electron chi connectivity index (χ2n) is 21.7. The van der Waals surface area contributed by atoms with Crippen LogP contribution < -0.4 is 5.32 Å². The minimum atomic E-state index is -0.673. The summed E-state index contributed by atoms with van der Waals surface area (Å²) in [5, 5.41) is 23.4. The molecule has 0 aliphatic rings. The lowest BCUT2D eigenvalue weighted by Gasteiger charge is -2.22. The maximum atomic E-state index is 12.5. The molecule has 0 aromatic carbocycles. The molecule has 0 aromatic heterocycles. The molecule has 0 saturated carbocycles. The molecule has 70 heavy (non-hydrogen) atoms. The number of carbonyl (C=O) groups excluding carboxylic acids is 2. The number of allylic oxidation sites excluding steroid dienone is 4. The van der Waals surface area contributed by atoms with Crippen LogP contribution in [-0.2, 0) is 14.3 Å². The maximum absolute atomic E-state index is 12.5. The normalized spacial score (nSPS) is 12.7. The number of amides is 1. The Hall–Kier alpha value is -1.66. The van der Waals surface area contributed by atoms with E-state index in [-0.39, 0.29) is 18.5 Å².